The fourth-order valence-corrected chi connectivity index (χ4v) is 6.14. The third-order valence-electron chi connectivity index (χ3n) is 6.69. The lowest BCUT2D eigenvalue weighted by molar-refractivity contribution is -0.0686. The molecule has 1 atom stereocenters. The predicted octanol–water partition coefficient (Wildman–Crippen LogP) is 5.27. The van der Waals surface area contributed by atoms with E-state index in [1.807, 2.05) is 0 Å². The summed E-state index contributed by atoms with van der Waals surface area (Å²) < 4.78 is 0. The summed E-state index contributed by atoms with van der Waals surface area (Å²) in [5.41, 5.74) is 1.48. The molecule has 2 N–H and O–H groups in total. The van der Waals surface area contributed by atoms with Crippen molar-refractivity contribution in [3.8, 4) is 5.75 Å². The minimum Gasteiger partial charge on any atom is -0.507 e. The van der Waals surface area contributed by atoms with E-state index in [1.54, 1.807) is 18.2 Å². The Bertz CT molecular complexity index is 589. The van der Waals surface area contributed by atoms with Gasteiger partial charge in [0.1, 0.15) is 5.75 Å². The first kappa shape index (κ1) is 14.6. The van der Waals surface area contributed by atoms with Gasteiger partial charge in [-0.25, -0.2) is 0 Å². The van der Waals surface area contributed by atoms with Crippen LogP contribution in [0, 0.1) is 34.5 Å². The molecule has 0 aliphatic heterocycles. The molecule has 1 aromatic carbocycles. The Morgan fingerprint density at radius 2 is 1.73 bits per heavy atom. The van der Waals surface area contributed by atoms with Crippen LogP contribution >= 0.6 is 11.6 Å². The highest BCUT2D eigenvalue weighted by atomic mass is 35.5. The van der Waals surface area contributed by atoms with Gasteiger partial charge in [-0.3, -0.25) is 0 Å². The SMILES string of the molecule is CC(C(=N)c1cc(Cl)ccc1O)C12CC3CC(CC(C3)C1)C2. The Labute approximate surface area is 137 Å². The van der Waals surface area contributed by atoms with E-state index in [9.17, 15) is 5.11 Å². The van der Waals surface area contributed by atoms with Crippen LogP contribution in [0.3, 0.4) is 0 Å². The van der Waals surface area contributed by atoms with Crippen LogP contribution in [0.1, 0.15) is 51.0 Å². The minimum atomic E-state index is 0.186. The van der Waals surface area contributed by atoms with Gasteiger partial charge in [-0.15, -0.1) is 0 Å². The number of hydrogen-bond acceptors (Lipinski definition) is 2. The summed E-state index contributed by atoms with van der Waals surface area (Å²) in [5, 5.41) is 19.4. The topological polar surface area (TPSA) is 44.1 Å². The molecule has 0 heterocycles. The van der Waals surface area contributed by atoms with Crippen LogP contribution in [0.15, 0.2) is 18.2 Å². The van der Waals surface area contributed by atoms with Crippen molar-refractivity contribution in [1.82, 2.24) is 0 Å². The van der Waals surface area contributed by atoms with Crippen molar-refractivity contribution < 1.29 is 5.11 Å². The molecule has 118 valence electrons. The van der Waals surface area contributed by atoms with Crippen LogP contribution in [-0.2, 0) is 0 Å². The van der Waals surface area contributed by atoms with E-state index in [4.69, 9.17) is 17.0 Å². The van der Waals surface area contributed by atoms with E-state index >= 15 is 0 Å². The highest BCUT2D eigenvalue weighted by molar-refractivity contribution is 6.31. The third-order valence-corrected chi connectivity index (χ3v) is 6.92. The zero-order valence-corrected chi connectivity index (χ0v) is 13.9. The van der Waals surface area contributed by atoms with Gasteiger partial charge in [0, 0.05) is 22.2 Å². The largest absolute Gasteiger partial charge is 0.507 e. The lowest BCUT2D eigenvalue weighted by atomic mass is 9.46. The molecule has 4 bridgehead atoms. The zero-order valence-electron chi connectivity index (χ0n) is 13.1. The molecule has 0 spiro atoms. The summed E-state index contributed by atoms with van der Waals surface area (Å²) in [6, 6.07) is 5.04. The maximum atomic E-state index is 10.1. The number of aromatic hydroxyl groups is 1. The van der Waals surface area contributed by atoms with Crippen molar-refractivity contribution in [3.63, 3.8) is 0 Å². The molecule has 2 nitrogen and oxygen atoms in total. The molecule has 3 heteroatoms. The number of rotatable bonds is 3. The Balaban J connectivity index is 1.65. The lowest BCUT2D eigenvalue weighted by Gasteiger charge is -2.59. The number of benzene rings is 1. The Kier molecular flexibility index (Phi) is 3.30. The second-order valence-corrected chi connectivity index (χ2v) is 8.51. The predicted molar refractivity (Wildman–Crippen MR) is 89.7 cm³/mol. The van der Waals surface area contributed by atoms with Gasteiger partial charge >= 0.3 is 0 Å². The first-order valence-corrected chi connectivity index (χ1v) is 8.92. The smallest absolute Gasteiger partial charge is 0.124 e. The van der Waals surface area contributed by atoms with Crippen molar-refractivity contribution in [2.24, 2.45) is 29.1 Å². The maximum Gasteiger partial charge on any atom is 0.124 e. The molecule has 4 saturated carbocycles. The second kappa shape index (κ2) is 4.99. The second-order valence-electron chi connectivity index (χ2n) is 8.08. The van der Waals surface area contributed by atoms with Crippen LogP contribution in [0.25, 0.3) is 0 Å². The van der Waals surface area contributed by atoms with E-state index in [2.05, 4.69) is 6.92 Å². The maximum absolute atomic E-state index is 10.1. The quantitative estimate of drug-likeness (QED) is 0.733. The Hall–Kier alpha value is -1.02. The molecular weight excluding hydrogens is 294 g/mol. The lowest BCUT2D eigenvalue weighted by Crippen LogP contribution is -2.50. The van der Waals surface area contributed by atoms with E-state index in [-0.39, 0.29) is 11.7 Å². The minimum absolute atomic E-state index is 0.186. The van der Waals surface area contributed by atoms with E-state index in [0.29, 0.717) is 21.7 Å². The van der Waals surface area contributed by atoms with Gasteiger partial charge in [0.2, 0.25) is 0 Å². The molecule has 5 rings (SSSR count). The van der Waals surface area contributed by atoms with Crippen molar-refractivity contribution >= 4 is 17.3 Å². The van der Waals surface area contributed by atoms with Crippen LogP contribution in [0.2, 0.25) is 5.02 Å². The number of phenols is 1. The molecule has 1 unspecified atom stereocenters. The molecule has 4 fully saturated rings. The molecule has 0 saturated heterocycles. The summed E-state index contributed by atoms with van der Waals surface area (Å²) in [4.78, 5) is 0. The van der Waals surface area contributed by atoms with Gasteiger partial charge in [-0.2, -0.15) is 0 Å². The Morgan fingerprint density at radius 1 is 1.18 bits per heavy atom. The van der Waals surface area contributed by atoms with Gasteiger partial charge in [-0.05, 0) is 79.9 Å². The van der Waals surface area contributed by atoms with Crippen molar-refractivity contribution in [1.29, 1.82) is 5.41 Å². The van der Waals surface area contributed by atoms with E-state index in [1.165, 1.54) is 38.5 Å². The van der Waals surface area contributed by atoms with Gasteiger partial charge in [0.05, 0.1) is 0 Å². The van der Waals surface area contributed by atoms with Gasteiger partial charge in [-0.1, -0.05) is 18.5 Å². The van der Waals surface area contributed by atoms with Crippen LogP contribution in [0.5, 0.6) is 5.75 Å². The number of nitrogens with one attached hydrogen (secondary N) is 1. The zero-order chi connectivity index (χ0) is 15.5. The average molecular weight is 318 g/mol. The fraction of sp³-hybridized carbons (Fsp3) is 0.632. The monoisotopic (exact) mass is 317 g/mol. The number of hydrogen-bond donors (Lipinski definition) is 2. The molecular formula is C19H24ClNO. The molecule has 4 aliphatic rings. The molecule has 4 aliphatic carbocycles. The van der Waals surface area contributed by atoms with Crippen molar-refractivity contribution in [2.75, 3.05) is 0 Å². The number of phenolic OH excluding ortho intramolecular Hbond substituents is 1. The molecule has 22 heavy (non-hydrogen) atoms. The highest BCUT2D eigenvalue weighted by Crippen LogP contribution is 2.63. The molecule has 0 aromatic heterocycles. The molecule has 0 amide bonds. The van der Waals surface area contributed by atoms with Crippen LogP contribution in [-0.4, -0.2) is 10.8 Å². The van der Waals surface area contributed by atoms with Crippen LogP contribution in [0.4, 0.5) is 0 Å². The molecule has 1 aromatic rings. The molecule has 0 radical (unpaired) electrons. The van der Waals surface area contributed by atoms with E-state index < -0.39 is 0 Å². The van der Waals surface area contributed by atoms with Crippen molar-refractivity contribution in [3.05, 3.63) is 28.8 Å². The Morgan fingerprint density at radius 3 is 2.27 bits per heavy atom. The summed E-state index contributed by atoms with van der Waals surface area (Å²) in [5.74, 6) is 3.04. The summed E-state index contributed by atoms with van der Waals surface area (Å²) in [6.45, 7) is 2.20. The average Bonchev–Trinajstić information content (AvgIpc) is 2.47. The summed E-state index contributed by atoms with van der Waals surface area (Å²) in [6.07, 6.45) is 8.10. The summed E-state index contributed by atoms with van der Waals surface area (Å²) >= 11 is 6.08. The normalized spacial score (nSPS) is 37.3. The third kappa shape index (κ3) is 2.19. The van der Waals surface area contributed by atoms with Crippen LogP contribution < -0.4 is 0 Å². The standard InChI is InChI=1S/C19H24ClNO/c1-11(18(21)16-7-15(20)2-3-17(16)22)19-8-12-4-13(9-19)6-14(5-12)10-19/h2-3,7,11-14,21-22H,4-6,8-10H2,1H3. The highest BCUT2D eigenvalue weighted by Gasteiger charge is 2.53. The van der Waals surface area contributed by atoms with Gasteiger partial charge in [0.15, 0.2) is 0 Å². The fourth-order valence-electron chi connectivity index (χ4n) is 5.97. The first-order valence-electron chi connectivity index (χ1n) is 8.54. The number of halogens is 1. The summed E-state index contributed by atoms with van der Waals surface area (Å²) in [7, 11) is 0. The van der Waals surface area contributed by atoms with E-state index in [0.717, 1.165) is 17.8 Å². The first-order chi connectivity index (χ1) is 10.5. The van der Waals surface area contributed by atoms with Gasteiger partial charge < -0.3 is 10.5 Å². The van der Waals surface area contributed by atoms with Crippen molar-refractivity contribution in [2.45, 2.75) is 45.4 Å². The van der Waals surface area contributed by atoms with Gasteiger partial charge in [0.25, 0.3) is 0 Å².